The number of hydrogen-bond donors (Lipinski definition) is 0. The molecule has 0 heteroatoms. The number of rotatable bonds is 3. The van der Waals surface area contributed by atoms with Crippen LogP contribution in [0.15, 0.2) is 182 Å². The minimum atomic E-state index is 1.23. The molecule has 0 nitrogen and oxygen atoms in total. The zero-order valence-corrected chi connectivity index (χ0v) is 26.3. The lowest BCUT2D eigenvalue weighted by molar-refractivity contribution is 1.65. The molecule has 0 heterocycles. The molecule has 0 spiro atoms. The molecule has 0 aliphatic rings. The van der Waals surface area contributed by atoms with E-state index in [9.17, 15) is 0 Å². The summed E-state index contributed by atoms with van der Waals surface area (Å²) in [5.74, 6) is 0. The van der Waals surface area contributed by atoms with E-state index >= 15 is 0 Å². The van der Waals surface area contributed by atoms with Gasteiger partial charge in [0.1, 0.15) is 0 Å². The van der Waals surface area contributed by atoms with Crippen LogP contribution < -0.4 is 0 Å². The molecule has 10 aromatic rings. The summed E-state index contributed by atoms with van der Waals surface area (Å²) in [5, 5.41) is 15.3. The fraction of sp³-hybridized carbons (Fsp3) is 0. The highest BCUT2D eigenvalue weighted by molar-refractivity contribution is 6.15. The summed E-state index contributed by atoms with van der Waals surface area (Å²) in [7, 11) is 0. The van der Waals surface area contributed by atoms with Crippen LogP contribution in [0.25, 0.3) is 98.0 Å². The van der Waals surface area contributed by atoms with Gasteiger partial charge in [-0.15, -0.1) is 0 Å². The number of hydrogen-bond acceptors (Lipinski definition) is 0. The van der Waals surface area contributed by atoms with Gasteiger partial charge in [0.15, 0.2) is 0 Å². The van der Waals surface area contributed by atoms with E-state index in [1.54, 1.807) is 0 Å². The van der Waals surface area contributed by atoms with Crippen molar-refractivity contribution in [3.05, 3.63) is 182 Å². The number of benzene rings is 10. The van der Waals surface area contributed by atoms with Crippen LogP contribution in [0.4, 0.5) is 0 Å². The third-order valence-corrected chi connectivity index (χ3v) is 10.2. The Morgan fingerprint density at radius 2 is 0.604 bits per heavy atom. The van der Waals surface area contributed by atoms with Crippen LogP contribution in [0.5, 0.6) is 0 Å². The summed E-state index contributed by atoms with van der Waals surface area (Å²) < 4.78 is 0. The maximum absolute atomic E-state index is 2.39. The van der Waals surface area contributed by atoms with Gasteiger partial charge in [-0.1, -0.05) is 152 Å². The van der Waals surface area contributed by atoms with E-state index in [0.717, 1.165) is 0 Å². The molecule has 10 aromatic carbocycles. The molecule has 0 amide bonds. The molecular formula is C48H30. The van der Waals surface area contributed by atoms with Crippen LogP contribution >= 0.6 is 0 Å². The highest BCUT2D eigenvalue weighted by atomic mass is 14.2. The Bertz CT molecular complexity index is 2880. The van der Waals surface area contributed by atoms with Gasteiger partial charge in [0.25, 0.3) is 0 Å². The summed E-state index contributed by atoms with van der Waals surface area (Å²) in [5.41, 5.74) is 7.46. The average molecular weight is 607 g/mol. The summed E-state index contributed by atoms with van der Waals surface area (Å²) in [6, 6.07) is 67.2. The predicted molar refractivity (Wildman–Crippen MR) is 208 cm³/mol. The molecule has 0 fully saturated rings. The van der Waals surface area contributed by atoms with Gasteiger partial charge < -0.3 is 0 Å². The fourth-order valence-corrected chi connectivity index (χ4v) is 7.78. The minimum absolute atomic E-state index is 1.23. The second kappa shape index (κ2) is 10.7. The third kappa shape index (κ3) is 4.31. The molecule has 0 aromatic heterocycles. The second-order valence-electron chi connectivity index (χ2n) is 12.9. The van der Waals surface area contributed by atoms with Crippen LogP contribution in [0.1, 0.15) is 0 Å². The molecule has 48 heavy (non-hydrogen) atoms. The normalized spacial score (nSPS) is 11.8. The number of fused-ring (bicyclic) bond motifs is 8. The SMILES string of the molecule is c1ccc(-c2c3ccc(-c4ccc5c(ccc6ccccc65)c4)cc3cc3ccc(-c4ccc5c(ccc6ccccc65)c4)cc23)cc1. The maximum atomic E-state index is 2.39. The van der Waals surface area contributed by atoms with Crippen LogP contribution in [0.2, 0.25) is 0 Å². The molecule has 0 radical (unpaired) electrons. The Labute approximate surface area is 279 Å². The van der Waals surface area contributed by atoms with Crippen molar-refractivity contribution in [2.45, 2.75) is 0 Å². The third-order valence-electron chi connectivity index (χ3n) is 10.2. The Kier molecular flexibility index (Phi) is 5.98. The summed E-state index contributed by atoms with van der Waals surface area (Å²) in [6.45, 7) is 0. The summed E-state index contributed by atoms with van der Waals surface area (Å²) >= 11 is 0. The molecule has 0 unspecified atom stereocenters. The van der Waals surface area contributed by atoms with Gasteiger partial charge in [0.05, 0.1) is 0 Å². The standard InChI is InChI=1S/C48H30/c1-2-10-33(11-3-1)48-46-25-22-36(34-20-23-44-38(26-34)17-14-31-8-4-6-12-42(31)44)28-41(46)29-40-19-16-37(30-47(40)48)35-21-24-45-39(27-35)18-15-32-9-5-7-13-43(32)45/h1-30H. The van der Waals surface area contributed by atoms with Gasteiger partial charge in [-0.2, -0.15) is 0 Å². The predicted octanol–water partition coefficient (Wildman–Crippen LogP) is 13.6. The van der Waals surface area contributed by atoms with Crippen molar-refractivity contribution in [1.82, 2.24) is 0 Å². The largest absolute Gasteiger partial charge is 0.0622 e. The van der Waals surface area contributed by atoms with E-state index in [4.69, 9.17) is 0 Å². The van der Waals surface area contributed by atoms with E-state index in [-0.39, 0.29) is 0 Å². The molecule has 0 N–H and O–H groups in total. The molecule has 0 atom stereocenters. The molecule has 0 bridgehead atoms. The molecule has 0 aliphatic heterocycles. The first-order chi connectivity index (χ1) is 23.8. The highest BCUT2D eigenvalue weighted by Gasteiger charge is 2.13. The first kappa shape index (κ1) is 26.9. The topological polar surface area (TPSA) is 0 Å². The van der Waals surface area contributed by atoms with Crippen molar-refractivity contribution in [1.29, 1.82) is 0 Å². The molecule has 0 aliphatic carbocycles. The first-order valence-electron chi connectivity index (χ1n) is 16.7. The quantitative estimate of drug-likeness (QED) is 0.139. The summed E-state index contributed by atoms with van der Waals surface area (Å²) in [6.07, 6.45) is 0. The smallest absolute Gasteiger partial charge is 0.00266 e. The lowest BCUT2D eigenvalue weighted by Gasteiger charge is -2.15. The molecule has 222 valence electrons. The lowest BCUT2D eigenvalue weighted by atomic mass is 9.88. The first-order valence-corrected chi connectivity index (χ1v) is 16.7. The van der Waals surface area contributed by atoms with Crippen LogP contribution in [-0.2, 0) is 0 Å². The van der Waals surface area contributed by atoms with Crippen LogP contribution in [0.3, 0.4) is 0 Å². The van der Waals surface area contributed by atoms with E-state index in [1.165, 1.54) is 98.0 Å². The van der Waals surface area contributed by atoms with E-state index < -0.39 is 0 Å². The van der Waals surface area contributed by atoms with Crippen LogP contribution in [-0.4, -0.2) is 0 Å². The van der Waals surface area contributed by atoms with E-state index in [0.29, 0.717) is 0 Å². The molecule has 0 saturated carbocycles. The van der Waals surface area contributed by atoms with Crippen molar-refractivity contribution in [2.24, 2.45) is 0 Å². The summed E-state index contributed by atoms with van der Waals surface area (Å²) in [4.78, 5) is 0. The van der Waals surface area contributed by atoms with Crippen LogP contribution in [0, 0.1) is 0 Å². The highest BCUT2D eigenvalue weighted by Crippen LogP contribution is 2.41. The van der Waals surface area contributed by atoms with Crippen molar-refractivity contribution in [3.63, 3.8) is 0 Å². The average Bonchev–Trinajstić information content (AvgIpc) is 3.16. The minimum Gasteiger partial charge on any atom is -0.0622 e. The van der Waals surface area contributed by atoms with Gasteiger partial charge >= 0.3 is 0 Å². The fourth-order valence-electron chi connectivity index (χ4n) is 7.78. The van der Waals surface area contributed by atoms with Gasteiger partial charge in [-0.25, -0.2) is 0 Å². The maximum Gasteiger partial charge on any atom is -0.00266 e. The Hall–Kier alpha value is -6.24. The zero-order valence-electron chi connectivity index (χ0n) is 26.3. The van der Waals surface area contributed by atoms with Crippen molar-refractivity contribution in [2.75, 3.05) is 0 Å². The zero-order chi connectivity index (χ0) is 31.6. The van der Waals surface area contributed by atoms with Crippen molar-refractivity contribution in [3.8, 4) is 33.4 Å². The second-order valence-corrected chi connectivity index (χ2v) is 12.9. The van der Waals surface area contributed by atoms with E-state index in [1.807, 2.05) is 0 Å². The van der Waals surface area contributed by atoms with Gasteiger partial charge in [0, 0.05) is 0 Å². The molecular weight excluding hydrogens is 577 g/mol. The van der Waals surface area contributed by atoms with Gasteiger partial charge in [-0.05, 0) is 128 Å². The Morgan fingerprint density at radius 3 is 1.23 bits per heavy atom. The monoisotopic (exact) mass is 606 g/mol. The Morgan fingerprint density at radius 1 is 0.188 bits per heavy atom. The lowest BCUT2D eigenvalue weighted by Crippen LogP contribution is -1.88. The van der Waals surface area contributed by atoms with Gasteiger partial charge in [-0.3, -0.25) is 0 Å². The Balaban J connectivity index is 1.14. The molecule has 0 saturated heterocycles. The van der Waals surface area contributed by atoms with E-state index in [2.05, 4.69) is 182 Å². The van der Waals surface area contributed by atoms with Crippen molar-refractivity contribution < 1.29 is 0 Å². The molecule has 10 rings (SSSR count). The van der Waals surface area contributed by atoms with Crippen molar-refractivity contribution >= 4 is 64.6 Å². The van der Waals surface area contributed by atoms with Gasteiger partial charge in [0.2, 0.25) is 0 Å².